The molecular formula is C15H17N3O. The van der Waals surface area contributed by atoms with Gasteiger partial charge in [0.05, 0.1) is 0 Å². The molecule has 0 radical (unpaired) electrons. The Labute approximate surface area is 112 Å². The minimum Gasteiger partial charge on any atom is -0.489 e. The Morgan fingerprint density at radius 2 is 2.11 bits per heavy atom. The molecule has 2 aromatic rings. The normalized spacial score (nSPS) is 10.2. The van der Waals surface area contributed by atoms with Gasteiger partial charge in [-0.15, -0.1) is 0 Å². The van der Waals surface area contributed by atoms with Gasteiger partial charge < -0.3 is 10.5 Å². The van der Waals surface area contributed by atoms with E-state index < -0.39 is 0 Å². The number of hydrogen-bond donors (Lipinski definition) is 2. The molecule has 98 valence electrons. The molecule has 0 aliphatic heterocycles. The lowest BCUT2D eigenvalue weighted by atomic mass is 10.1. The molecule has 1 aromatic carbocycles. The number of hydrogen-bond acceptors (Lipinski definition) is 3. The van der Waals surface area contributed by atoms with Crippen LogP contribution in [0, 0.1) is 19.3 Å². The van der Waals surface area contributed by atoms with Crippen molar-refractivity contribution in [2.24, 2.45) is 5.73 Å². The molecule has 0 amide bonds. The fraction of sp³-hybridized carbons (Fsp3) is 0.200. The lowest BCUT2D eigenvalue weighted by molar-refractivity contribution is 0.303. The van der Waals surface area contributed by atoms with Gasteiger partial charge in [0.2, 0.25) is 0 Å². The number of nitrogen functional groups attached to an aromatic ring is 1. The second kappa shape index (κ2) is 5.52. The summed E-state index contributed by atoms with van der Waals surface area (Å²) in [5.41, 5.74) is 9.18. The molecule has 4 heteroatoms. The van der Waals surface area contributed by atoms with Crippen molar-refractivity contribution in [3.05, 3.63) is 58.9 Å². The lowest BCUT2D eigenvalue weighted by Gasteiger charge is -2.11. The SMILES string of the molecule is Cc1cccc(OCc2ccnc(C(=N)N)c2)c1C. The van der Waals surface area contributed by atoms with Gasteiger partial charge in [-0.2, -0.15) is 0 Å². The number of nitrogens with one attached hydrogen (secondary N) is 1. The summed E-state index contributed by atoms with van der Waals surface area (Å²) in [6.07, 6.45) is 1.64. The summed E-state index contributed by atoms with van der Waals surface area (Å²) in [6, 6.07) is 9.62. The predicted octanol–water partition coefficient (Wildman–Crippen LogP) is 2.56. The maximum absolute atomic E-state index is 7.37. The Bertz CT molecular complexity index is 608. The number of aromatic nitrogens is 1. The van der Waals surface area contributed by atoms with Gasteiger partial charge in [-0.1, -0.05) is 12.1 Å². The first-order chi connectivity index (χ1) is 9.08. The fourth-order valence-corrected chi connectivity index (χ4v) is 1.75. The van der Waals surface area contributed by atoms with Crippen LogP contribution in [0.25, 0.3) is 0 Å². The molecule has 19 heavy (non-hydrogen) atoms. The molecule has 1 heterocycles. The summed E-state index contributed by atoms with van der Waals surface area (Å²) < 4.78 is 5.80. The van der Waals surface area contributed by atoms with Gasteiger partial charge in [0, 0.05) is 6.20 Å². The number of pyridine rings is 1. The van der Waals surface area contributed by atoms with E-state index in [1.807, 2.05) is 25.1 Å². The van der Waals surface area contributed by atoms with E-state index in [1.165, 1.54) is 5.56 Å². The van der Waals surface area contributed by atoms with Crippen molar-refractivity contribution >= 4 is 5.84 Å². The van der Waals surface area contributed by atoms with Crippen molar-refractivity contribution in [1.82, 2.24) is 4.98 Å². The number of benzene rings is 1. The van der Waals surface area contributed by atoms with Crippen molar-refractivity contribution < 1.29 is 4.74 Å². The highest BCUT2D eigenvalue weighted by Gasteiger charge is 2.04. The summed E-state index contributed by atoms with van der Waals surface area (Å²) >= 11 is 0. The third-order valence-electron chi connectivity index (χ3n) is 3.05. The van der Waals surface area contributed by atoms with E-state index in [1.54, 1.807) is 12.3 Å². The highest BCUT2D eigenvalue weighted by atomic mass is 16.5. The zero-order valence-electron chi connectivity index (χ0n) is 11.1. The molecule has 2 rings (SSSR count). The van der Waals surface area contributed by atoms with Crippen LogP contribution < -0.4 is 10.5 Å². The highest BCUT2D eigenvalue weighted by molar-refractivity contribution is 5.93. The highest BCUT2D eigenvalue weighted by Crippen LogP contribution is 2.21. The smallest absolute Gasteiger partial charge is 0.141 e. The van der Waals surface area contributed by atoms with Crippen LogP contribution in [0.3, 0.4) is 0 Å². The first-order valence-electron chi connectivity index (χ1n) is 6.06. The van der Waals surface area contributed by atoms with Gasteiger partial charge in [-0.05, 0) is 48.7 Å². The Morgan fingerprint density at radius 1 is 1.32 bits per heavy atom. The predicted molar refractivity (Wildman–Crippen MR) is 75.5 cm³/mol. The van der Waals surface area contributed by atoms with Crippen molar-refractivity contribution in [2.45, 2.75) is 20.5 Å². The second-order valence-electron chi connectivity index (χ2n) is 4.45. The van der Waals surface area contributed by atoms with Crippen molar-refractivity contribution in [3.8, 4) is 5.75 Å². The Kier molecular flexibility index (Phi) is 3.80. The lowest BCUT2D eigenvalue weighted by Crippen LogP contribution is -2.13. The van der Waals surface area contributed by atoms with E-state index in [0.717, 1.165) is 16.9 Å². The molecule has 0 aliphatic rings. The monoisotopic (exact) mass is 255 g/mol. The van der Waals surface area contributed by atoms with Gasteiger partial charge in [-0.25, -0.2) is 0 Å². The first kappa shape index (κ1) is 13.1. The van der Waals surface area contributed by atoms with Crippen LogP contribution in [-0.4, -0.2) is 10.8 Å². The topological polar surface area (TPSA) is 72.0 Å². The molecule has 0 unspecified atom stereocenters. The number of nitrogens with two attached hydrogens (primary N) is 1. The Hall–Kier alpha value is -2.36. The molecule has 0 fully saturated rings. The van der Waals surface area contributed by atoms with Crippen LogP contribution in [-0.2, 0) is 6.61 Å². The van der Waals surface area contributed by atoms with Gasteiger partial charge >= 0.3 is 0 Å². The van der Waals surface area contributed by atoms with E-state index in [2.05, 4.69) is 18.0 Å². The van der Waals surface area contributed by atoms with Crippen molar-refractivity contribution in [1.29, 1.82) is 5.41 Å². The number of aryl methyl sites for hydroxylation is 1. The zero-order chi connectivity index (χ0) is 13.8. The van der Waals surface area contributed by atoms with Crippen molar-refractivity contribution in [3.63, 3.8) is 0 Å². The van der Waals surface area contributed by atoms with Crippen LogP contribution in [0.1, 0.15) is 22.4 Å². The van der Waals surface area contributed by atoms with Gasteiger partial charge in [0.1, 0.15) is 23.9 Å². The van der Waals surface area contributed by atoms with Crippen LogP contribution in [0.5, 0.6) is 5.75 Å². The van der Waals surface area contributed by atoms with E-state index >= 15 is 0 Å². The average Bonchev–Trinajstić information content (AvgIpc) is 2.41. The first-order valence-corrected chi connectivity index (χ1v) is 6.06. The molecule has 0 spiro atoms. The molecule has 1 aromatic heterocycles. The molecular weight excluding hydrogens is 238 g/mol. The number of nitrogens with zero attached hydrogens (tertiary/aromatic N) is 1. The molecule has 3 N–H and O–H groups in total. The third-order valence-corrected chi connectivity index (χ3v) is 3.05. The Balaban J connectivity index is 2.12. The summed E-state index contributed by atoms with van der Waals surface area (Å²) in [5, 5.41) is 7.37. The molecule has 0 bridgehead atoms. The van der Waals surface area contributed by atoms with Crippen LogP contribution in [0.2, 0.25) is 0 Å². The van der Waals surface area contributed by atoms with Gasteiger partial charge in [-0.3, -0.25) is 10.4 Å². The molecule has 0 atom stereocenters. The fourth-order valence-electron chi connectivity index (χ4n) is 1.75. The minimum absolute atomic E-state index is 0.0337. The minimum atomic E-state index is -0.0337. The third kappa shape index (κ3) is 3.10. The molecule has 0 aliphatic carbocycles. The number of rotatable bonds is 4. The maximum Gasteiger partial charge on any atom is 0.141 e. The van der Waals surface area contributed by atoms with Gasteiger partial charge in [0.15, 0.2) is 0 Å². The summed E-state index contributed by atoms with van der Waals surface area (Å²) in [4.78, 5) is 4.02. The number of ether oxygens (including phenoxy) is 1. The maximum atomic E-state index is 7.37. The van der Waals surface area contributed by atoms with E-state index in [9.17, 15) is 0 Å². The second-order valence-corrected chi connectivity index (χ2v) is 4.45. The number of amidine groups is 1. The largest absolute Gasteiger partial charge is 0.489 e. The summed E-state index contributed by atoms with van der Waals surface area (Å²) in [6.45, 7) is 4.54. The standard InChI is InChI=1S/C15H17N3O/c1-10-4-3-5-14(11(10)2)19-9-12-6-7-18-13(8-12)15(16)17/h3-8H,9H2,1-2H3,(H3,16,17). The van der Waals surface area contributed by atoms with Crippen LogP contribution in [0.4, 0.5) is 0 Å². The summed E-state index contributed by atoms with van der Waals surface area (Å²) in [5.74, 6) is 0.842. The van der Waals surface area contributed by atoms with E-state index in [4.69, 9.17) is 15.9 Å². The zero-order valence-corrected chi connectivity index (χ0v) is 11.1. The Morgan fingerprint density at radius 3 is 2.84 bits per heavy atom. The van der Waals surface area contributed by atoms with E-state index in [-0.39, 0.29) is 5.84 Å². The molecule has 0 saturated carbocycles. The van der Waals surface area contributed by atoms with Crippen LogP contribution in [0.15, 0.2) is 36.5 Å². The molecule has 0 saturated heterocycles. The average molecular weight is 255 g/mol. The van der Waals surface area contributed by atoms with Gasteiger partial charge in [0.25, 0.3) is 0 Å². The summed E-state index contributed by atoms with van der Waals surface area (Å²) in [7, 11) is 0. The van der Waals surface area contributed by atoms with Crippen LogP contribution >= 0.6 is 0 Å². The van der Waals surface area contributed by atoms with E-state index in [0.29, 0.717) is 12.3 Å². The van der Waals surface area contributed by atoms with Crippen molar-refractivity contribution in [2.75, 3.05) is 0 Å². The molecule has 4 nitrogen and oxygen atoms in total. The quantitative estimate of drug-likeness (QED) is 0.651.